The summed E-state index contributed by atoms with van der Waals surface area (Å²) in [6.07, 6.45) is 5.39. The largest absolute Gasteiger partial charge is 0.418 e. The van der Waals surface area contributed by atoms with Crippen LogP contribution in [0, 0.1) is 0 Å². The van der Waals surface area contributed by atoms with Gasteiger partial charge in [0.05, 0.1) is 12.1 Å². The van der Waals surface area contributed by atoms with Crippen molar-refractivity contribution in [3.8, 4) is 11.5 Å². The monoisotopic (exact) mass is 357 g/mol. The van der Waals surface area contributed by atoms with Crippen molar-refractivity contribution in [3.63, 3.8) is 0 Å². The van der Waals surface area contributed by atoms with E-state index in [0.29, 0.717) is 5.56 Å². The van der Waals surface area contributed by atoms with Crippen LogP contribution in [0.1, 0.15) is 28.7 Å². The van der Waals surface area contributed by atoms with E-state index in [2.05, 4.69) is 20.2 Å². The normalized spacial score (nSPS) is 18.8. The smallest absolute Gasteiger partial charge is 0.267 e. The Labute approximate surface area is 146 Å². The van der Waals surface area contributed by atoms with Crippen LogP contribution in [0.2, 0.25) is 0 Å². The first-order valence-corrected chi connectivity index (χ1v) is 7.86. The average Bonchev–Trinajstić information content (AvgIpc) is 3.27. The molecule has 0 aliphatic carbocycles. The predicted molar refractivity (Wildman–Crippen MR) is 85.1 cm³/mol. The minimum Gasteiger partial charge on any atom is -0.418 e. The zero-order valence-electron chi connectivity index (χ0n) is 13.4. The van der Waals surface area contributed by atoms with E-state index in [1.807, 2.05) is 0 Å². The molecule has 1 atom stereocenters. The maximum Gasteiger partial charge on any atom is 0.267 e. The molecular weight excluding hydrogens is 344 g/mol. The number of likely N-dealkylation sites (tertiary alicyclic amines) is 1. The van der Waals surface area contributed by atoms with Crippen molar-refractivity contribution in [1.29, 1.82) is 0 Å². The Hall–Kier alpha value is -3.23. The van der Waals surface area contributed by atoms with Crippen LogP contribution in [0.25, 0.3) is 11.5 Å². The number of aromatic nitrogens is 4. The van der Waals surface area contributed by atoms with E-state index in [1.54, 1.807) is 30.6 Å². The average molecular weight is 357 g/mol. The molecule has 0 spiro atoms. The number of amides is 1. The molecule has 7 nitrogen and oxygen atoms in total. The highest BCUT2D eigenvalue weighted by atomic mass is 19.3. The molecule has 4 rings (SSSR count). The van der Waals surface area contributed by atoms with Crippen molar-refractivity contribution < 1.29 is 18.0 Å². The van der Waals surface area contributed by atoms with Gasteiger partial charge in [0.15, 0.2) is 0 Å². The Morgan fingerprint density at radius 1 is 1.15 bits per heavy atom. The second-order valence-electron chi connectivity index (χ2n) is 5.93. The van der Waals surface area contributed by atoms with Crippen LogP contribution in [-0.2, 0) is 0 Å². The van der Waals surface area contributed by atoms with Crippen LogP contribution >= 0.6 is 0 Å². The summed E-state index contributed by atoms with van der Waals surface area (Å²) in [5.41, 5.74) is 0.845. The number of carbonyl (C=O) groups excluding carboxylic acids is 1. The molecule has 1 saturated heterocycles. The van der Waals surface area contributed by atoms with Crippen molar-refractivity contribution in [2.45, 2.75) is 18.4 Å². The number of rotatable bonds is 3. The fourth-order valence-electron chi connectivity index (χ4n) is 2.89. The van der Waals surface area contributed by atoms with E-state index in [0.717, 1.165) is 4.90 Å². The Bertz CT molecular complexity index is 917. The highest BCUT2D eigenvalue weighted by Crippen LogP contribution is 2.41. The highest BCUT2D eigenvalue weighted by Gasteiger charge is 2.50. The lowest BCUT2D eigenvalue weighted by Crippen LogP contribution is -2.33. The Balaban J connectivity index is 1.66. The molecule has 1 amide bonds. The number of nitrogens with zero attached hydrogens (tertiary/aromatic N) is 5. The van der Waals surface area contributed by atoms with Gasteiger partial charge in [-0.05, 0) is 24.3 Å². The molecule has 0 aromatic carbocycles. The van der Waals surface area contributed by atoms with E-state index in [1.165, 1.54) is 18.5 Å². The third-order valence-electron chi connectivity index (χ3n) is 4.09. The van der Waals surface area contributed by atoms with E-state index in [-0.39, 0.29) is 17.3 Å². The van der Waals surface area contributed by atoms with Gasteiger partial charge in [-0.1, -0.05) is 0 Å². The number of alkyl halides is 2. The summed E-state index contributed by atoms with van der Waals surface area (Å²) in [6.45, 7) is -0.710. The molecule has 1 aliphatic rings. The molecule has 26 heavy (non-hydrogen) atoms. The Kier molecular flexibility index (Phi) is 3.90. The van der Waals surface area contributed by atoms with Crippen LogP contribution in [0.4, 0.5) is 8.78 Å². The van der Waals surface area contributed by atoms with Crippen molar-refractivity contribution in [2.24, 2.45) is 0 Å². The molecule has 132 valence electrons. The number of hydrogen-bond acceptors (Lipinski definition) is 6. The number of hydrogen-bond donors (Lipinski definition) is 0. The number of halogens is 2. The summed E-state index contributed by atoms with van der Waals surface area (Å²) in [6, 6.07) is 5.43. The fourth-order valence-corrected chi connectivity index (χ4v) is 2.89. The van der Waals surface area contributed by atoms with Gasteiger partial charge in [0.2, 0.25) is 11.8 Å². The van der Waals surface area contributed by atoms with Crippen molar-refractivity contribution in [1.82, 2.24) is 25.1 Å². The van der Waals surface area contributed by atoms with Gasteiger partial charge < -0.3 is 9.32 Å². The van der Waals surface area contributed by atoms with Gasteiger partial charge in [-0.15, -0.1) is 10.2 Å². The van der Waals surface area contributed by atoms with Crippen molar-refractivity contribution in [3.05, 3.63) is 60.5 Å². The van der Waals surface area contributed by atoms with Gasteiger partial charge in [-0.25, -0.2) is 8.78 Å². The van der Waals surface area contributed by atoms with Crippen LogP contribution in [0.3, 0.4) is 0 Å². The summed E-state index contributed by atoms with van der Waals surface area (Å²) < 4.78 is 33.6. The second kappa shape index (κ2) is 6.25. The fraction of sp³-hybridized carbons (Fsp3) is 0.235. The van der Waals surface area contributed by atoms with Gasteiger partial charge >= 0.3 is 0 Å². The third-order valence-corrected chi connectivity index (χ3v) is 4.09. The zero-order valence-corrected chi connectivity index (χ0v) is 13.4. The first kappa shape index (κ1) is 16.2. The molecule has 3 aromatic heterocycles. The van der Waals surface area contributed by atoms with Crippen LogP contribution < -0.4 is 0 Å². The Morgan fingerprint density at radius 3 is 2.69 bits per heavy atom. The van der Waals surface area contributed by atoms with Crippen molar-refractivity contribution in [2.75, 3.05) is 6.54 Å². The molecular formula is C17H13F2N5O2. The molecule has 0 radical (unpaired) electrons. The maximum absolute atomic E-state index is 14.0. The highest BCUT2D eigenvalue weighted by molar-refractivity contribution is 5.94. The van der Waals surface area contributed by atoms with Crippen molar-refractivity contribution >= 4 is 5.91 Å². The van der Waals surface area contributed by atoms with Crippen LogP contribution in [-0.4, -0.2) is 43.4 Å². The summed E-state index contributed by atoms with van der Waals surface area (Å²) >= 11 is 0. The van der Waals surface area contributed by atoms with E-state index >= 15 is 0 Å². The summed E-state index contributed by atoms with van der Waals surface area (Å²) in [7, 11) is 0. The summed E-state index contributed by atoms with van der Waals surface area (Å²) in [5, 5.41) is 7.79. The SMILES string of the molecule is O=C(c1cccnc1)N1CC(F)(F)C[C@H]1c1nnc(-c2ccncc2)o1. The molecule has 0 N–H and O–H groups in total. The minimum absolute atomic E-state index is 0.0220. The Morgan fingerprint density at radius 2 is 1.96 bits per heavy atom. The van der Waals surface area contributed by atoms with E-state index in [4.69, 9.17) is 4.42 Å². The first-order chi connectivity index (χ1) is 12.5. The standard InChI is InChI=1S/C17H13F2N5O2/c18-17(19)8-13(24(10-17)16(25)12-2-1-5-21-9-12)15-23-22-14(26-15)11-3-6-20-7-4-11/h1-7,9,13H,8,10H2/t13-/m0/s1. The van der Waals surface area contributed by atoms with Gasteiger partial charge in [0, 0.05) is 36.8 Å². The number of pyridine rings is 2. The molecule has 1 fully saturated rings. The molecule has 0 saturated carbocycles. The lowest BCUT2D eigenvalue weighted by Gasteiger charge is -2.21. The predicted octanol–water partition coefficient (Wildman–Crippen LogP) is 2.75. The van der Waals surface area contributed by atoms with Gasteiger partial charge in [0.25, 0.3) is 11.8 Å². The summed E-state index contributed by atoms with van der Waals surface area (Å²) in [4.78, 5) is 21.5. The van der Waals surface area contributed by atoms with Gasteiger partial charge in [0.1, 0.15) is 6.04 Å². The molecule has 0 unspecified atom stereocenters. The van der Waals surface area contributed by atoms with Gasteiger partial charge in [-0.2, -0.15) is 0 Å². The first-order valence-electron chi connectivity index (χ1n) is 7.86. The lowest BCUT2D eigenvalue weighted by molar-refractivity contribution is 0.0117. The minimum atomic E-state index is -3.03. The number of carbonyl (C=O) groups is 1. The molecule has 1 aliphatic heterocycles. The van der Waals surface area contributed by atoms with E-state index < -0.39 is 30.8 Å². The van der Waals surface area contributed by atoms with Crippen LogP contribution in [0.15, 0.2) is 53.5 Å². The van der Waals surface area contributed by atoms with E-state index in [9.17, 15) is 13.6 Å². The maximum atomic E-state index is 14.0. The summed E-state index contributed by atoms with van der Waals surface area (Å²) in [5.74, 6) is -3.42. The molecule has 9 heteroatoms. The molecule has 3 aromatic rings. The lowest BCUT2D eigenvalue weighted by atomic mass is 10.2. The topological polar surface area (TPSA) is 85.0 Å². The van der Waals surface area contributed by atoms with Gasteiger partial charge in [-0.3, -0.25) is 14.8 Å². The molecule has 4 heterocycles. The zero-order chi connectivity index (χ0) is 18.1. The third kappa shape index (κ3) is 3.03. The van der Waals surface area contributed by atoms with Crippen LogP contribution in [0.5, 0.6) is 0 Å². The second-order valence-corrected chi connectivity index (χ2v) is 5.93. The molecule has 0 bridgehead atoms. The quantitative estimate of drug-likeness (QED) is 0.717.